The van der Waals surface area contributed by atoms with Gasteiger partial charge in [0.25, 0.3) is 0 Å². The molecule has 1 aromatic heterocycles. The molecule has 0 saturated heterocycles. The summed E-state index contributed by atoms with van der Waals surface area (Å²) in [6, 6.07) is 1.91. The molecule has 3 N–H and O–H groups in total. The highest BCUT2D eigenvalue weighted by molar-refractivity contribution is 5.67. The fraction of sp³-hybridized carbons (Fsp3) is 0.692. The van der Waals surface area contributed by atoms with Crippen LogP contribution in [0.5, 0.6) is 0 Å². The van der Waals surface area contributed by atoms with Crippen molar-refractivity contribution in [2.24, 2.45) is 12.8 Å². The number of amides is 1. The van der Waals surface area contributed by atoms with Gasteiger partial charge in [-0.05, 0) is 26.8 Å². The van der Waals surface area contributed by atoms with Crippen LogP contribution >= 0.6 is 0 Å². The second-order valence-corrected chi connectivity index (χ2v) is 5.96. The van der Waals surface area contributed by atoms with E-state index in [9.17, 15) is 4.79 Å². The lowest BCUT2D eigenvalue weighted by atomic mass is 9.86. The SMILES string of the molecule is Cn1nccc1C(C)(CN)CNC(=O)OC(C)(C)C. The van der Waals surface area contributed by atoms with Crippen LogP contribution in [0.1, 0.15) is 33.4 Å². The van der Waals surface area contributed by atoms with E-state index in [-0.39, 0.29) is 5.41 Å². The molecule has 1 amide bonds. The Morgan fingerprint density at radius 3 is 2.53 bits per heavy atom. The van der Waals surface area contributed by atoms with E-state index >= 15 is 0 Å². The molecule has 0 spiro atoms. The Labute approximate surface area is 114 Å². The molecule has 0 aliphatic carbocycles. The first kappa shape index (κ1) is 15.5. The van der Waals surface area contributed by atoms with E-state index in [0.717, 1.165) is 5.69 Å². The maximum atomic E-state index is 11.7. The van der Waals surface area contributed by atoms with Gasteiger partial charge >= 0.3 is 6.09 Å². The molecule has 0 radical (unpaired) electrons. The van der Waals surface area contributed by atoms with E-state index in [1.54, 1.807) is 10.9 Å². The third kappa shape index (κ3) is 4.24. The predicted octanol–water partition coefficient (Wildman–Crippen LogP) is 1.16. The zero-order chi connectivity index (χ0) is 14.7. The van der Waals surface area contributed by atoms with E-state index in [1.807, 2.05) is 40.8 Å². The molecule has 1 aromatic rings. The number of ether oxygens (including phenoxy) is 1. The fourth-order valence-corrected chi connectivity index (χ4v) is 1.81. The van der Waals surface area contributed by atoms with E-state index < -0.39 is 11.7 Å². The topological polar surface area (TPSA) is 82.2 Å². The number of aromatic nitrogens is 2. The molecule has 6 heteroatoms. The molecule has 1 rings (SSSR count). The van der Waals surface area contributed by atoms with E-state index in [0.29, 0.717) is 13.1 Å². The highest BCUT2D eigenvalue weighted by atomic mass is 16.6. The highest BCUT2D eigenvalue weighted by Gasteiger charge is 2.29. The van der Waals surface area contributed by atoms with Crippen molar-refractivity contribution in [2.45, 2.75) is 38.7 Å². The minimum absolute atomic E-state index is 0.373. The Bertz CT molecular complexity index is 436. The van der Waals surface area contributed by atoms with Crippen molar-refractivity contribution < 1.29 is 9.53 Å². The number of alkyl carbamates (subject to hydrolysis) is 1. The van der Waals surface area contributed by atoms with Gasteiger partial charge in [0.05, 0.1) is 0 Å². The number of carbonyl (C=O) groups excluding carboxylic acids is 1. The molecule has 108 valence electrons. The number of aryl methyl sites for hydroxylation is 1. The first-order valence-electron chi connectivity index (χ1n) is 6.33. The Morgan fingerprint density at radius 2 is 2.11 bits per heavy atom. The zero-order valence-corrected chi connectivity index (χ0v) is 12.4. The number of nitrogens with one attached hydrogen (secondary N) is 1. The second-order valence-electron chi connectivity index (χ2n) is 5.96. The number of hydrogen-bond donors (Lipinski definition) is 2. The van der Waals surface area contributed by atoms with Crippen LogP contribution in [0.2, 0.25) is 0 Å². The quantitative estimate of drug-likeness (QED) is 0.858. The van der Waals surface area contributed by atoms with Gasteiger partial charge in [0, 0.05) is 37.4 Å². The Balaban J connectivity index is 2.68. The minimum atomic E-state index is -0.504. The molecule has 0 aromatic carbocycles. The van der Waals surface area contributed by atoms with Crippen LogP contribution < -0.4 is 11.1 Å². The van der Waals surface area contributed by atoms with Crippen molar-refractivity contribution in [2.75, 3.05) is 13.1 Å². The average molecular weight is 268 g/mol. The molecule has 1 heterocycles. The predicted molar refractivity (Wildman–Crippen MR) is 73.9 cm³/mol. The third-order valence-corrected chi connectivity index (χ3v) is 2.91. The van der Waals surface area contributed by atoms with Crippen molar-refractivity contribution in [1.29, 1.82) is 0 Å². The molecule has 6 nitrogen and oxygen atoms in total. The van der Waals surface area contributed by atoms with E-state index in [4.69, 9.17) is 10.5 Å². The molecule has 0 bridgehead atoms. The largest absolute Gasteiger partial charge is 0.444 e. The lowest BCUT2D eigenvalue weighted by Gasteiger charge is -2.29. The third-order valence-electron chi connectivity index (χ3n) is 2.91. The number of nitrogens with zero attached hydrogens (tertiary/aromatic N) is 2. The summed E-state index contributed by atoms with van der Waals surface area (Å²) in [7, 11) is 1.86. The molecular formula is C13H24N4O2. The maximum Gasteiger partial charge on any atom is 0.407 e. The van der Waals surface area contributed by atoms with E-state index in [2.05, 4.69) is 10.4 Å². The van der Waals surface area contributed by atoms with Crippen LogP contribution in [-0.4, -0.2) is 34.6 Å². The second kappa shape index (κ2) is 5.61. The van der Waals surface area contributed by atoms with Crippen LogP contribution in [0.4, 0.5) is 4.79 Å². The van der Waals surface area contributed by atoms with Crippen LogP contribution in [0.15, 0.2) is 12.3 Å². The van der Waals surface area contributed by atoms with Crippen LogP contribution in [0.3, 0.4) is 0 Å². The Kier molecular flexibility index (Phi) is 4.57. The van der Waals surface area contributed by atoms with Crippen molar-refractivity contribution in [3.63, 3.8) is 0 Å². The smallest absolute Gasteiger partial charge is 0.407 e. The molecule has 0 aliphatic rings. The standard InChI is InChI=1S/C13H24N4O2/c1-12(2,3)19-11(18)15-9-13(4,8-14)10-6-7-16-17(10)5/h6-7H,8-9,14H2,1-5H3,(H,15,18). The molecule has 0 fully saturated rings. The van der Waals surface area contributed by atoms with Crippen LogP contribution in [0.25, 0.3) is 0 Å². The summed E-state index contributed by atoms with van der Waals surface area (Å²) >= 11 is 0. The number of carbonyl (C=O) groups is 1. The van der Waals surface area contributed by atoms with Gasteiger partial charge in [-0.1, -0.05) is 6.92 Å². The molecule has 1 atom stereocenters. The van der Waals surface area contributed by atoms with Gasteiger partial charge < -0.3 is 15.8 Å². The molecule has 19 heavy (non-hydrogen) atoms. The molecule has 0 saturated carbocycles. The van der Waals surface area contributed by atoms with E-state index in [1.165, 1.54) is 0 Å². The van der Waals surface area contributed by atoms with Crippen LogP contribution in [-0.2, 0) is 17.2 Å². The summed E-state index contributed by atoms with van der Waals surface area (Å²) in [4.78, 5) is 11.7. The van der Waals surface area contributed by atoms with Gasteiger partial charge in [-0.3, -0.25) is 4.68 Å². The normalized spacial score (nSPS) is 14.8. The Hall–Kier alpha value is -1.56. The number of hydrogen-bond acceptors (Lipinski definition) is 4. The monoisotopic (exact) mass is 268 g/mol. The lowest BCUT2D eigenvalue weighted by molar-refractivity contribution is 0.0515. The van der Waals surface area contributed by atoms with Crippen LogP contribution in [0, 0.1) is 0 Å². The first-order valence-corrected chi connectivity index (χ1v) is 6.33. The van der Waals surface area contributed by atoms with Gasteiger partial charge in [0.1, 0.15) is 5.60 Å². The van der Waals surface area contributed by atoms with Gasteiger partial charge in [0.15, 0.2) is 0 Å². The molecular weight excluding hydrogens is 244 g/mol. The summed E-state index contributed by atoms with van der Waals surface area (Å²) in [5.74, 6) is 0. The summed E-state index contributed by atoms with van der Waals surface area (Å²) in [6.07, 6.45) is 1.28. The fourth-order valence-electron chi connectivity index (χ4n) is 1.81. The van der Waals surface area contributed by atoms with Gasteiger partial charge in [-0.25, -0.2) is 4.79 Å². The molecule has 1 unspecified atom stereocenters. The van der Waals surface area contributed by atoms with Crippen molar-refractivity contribution in [3.05, 3.63) is 18.0 Å². The average Bonchev–Trinajstić information content (AvgIpc) is 2.71. The van der Waals surface area contributed by atoms with Gasteiger partial charge in [-0.15, -0.1) is 0 Å². The first-order chi connectivity index (χ1) is 8.68. The lowest BCUT2D eigenvalue weighted by Crippen LogP contribution is -2.46. The van der Waals surface area contributed by atoms with Gasteiger partial charge in [-0.2, -0.15) is 5.10 Å². The van der Waals surface area contributed by atoms with Crippen molar-refractivity contribution in [1.82, 2.24) is 15.1 Å². The molecule has 0 aliphatic heterocycles. The highest BCUT2D eigenvalue weighted by Crippen LogP contribution is 2.21. The summed E-state index contributed by atoms with van der Waals surface area (Å²) in [5, 5.41) is 6.90. The van der Waals surface area contributed by atoms with Crippen molar-refractivity contribution in [3.8, 4) is 0 Å². The van der Waals surface area contributed by atoms with Gasteiger partial charge in [0.2, 0.25) is 0 Å². The summed E-state index contributed by atoms with van der Waals surface area (Å²) in [5.41, 5.74) is 5.95. The maximum absolute atomic E-state index is 11.7. The number of nitrogens with two attached hydrogens (primary N) is 1. The van der Waals surface area contributed by atoms with Crippen molar-refractivity contribution >= 4 is 6.09 Å². The zero-order valence-electron chi connectivity index (χ0n) is 12.4. The summed E-state index contributed by atoms with van der Waals surface area (Å²) in [6.45, 7) is 8.28. The Morgan fingerprint density at radius 1 is 1.47 bits per heavy atom. The minimum Gasteiger partial charge on any atom is -0.444 e. The number of rotatable bonds is 4. The summed E-state index contributed by atoms with van der Waals surface area (Å²) < 4.78 is 6.98.